The number of hydrogen-bond donors (Lipinski definition) is 1. The first-order valence-electron chi connectivity index (χ1n) is 9.10. The Morgan fingerprint density at radius 1 is 1.17 bits per heavy atom. The van der Waals surface area contributed by atoms with Crippen molar-refractivity contribution in [3.8, 4) is 6.07 Å². The van der Waals surface area contributed by atoms with Gasteiger partial charge in [-0.3, -0.25) is 10.1 Å². The average molecular weight is 425 g/mol. The van der Waals surface area contributed by atoms with Gasteiger partial charge in [0.2, 0.25) is 5.13 Å². The zero-order valence-electron chi connectivity index (χ0n) is 16.1. The number of hydrogen-bond acceptors (Lipinski definition) is 8. The molecule has 7 nitrogen and oxygen atoms in total. The van der Waals surface area contributed by atoms with Crippen molar-refractivity contribution in [1.82, 2.24) is 15.2 Å². The second kappa shape index (κ2) is 10.0. The number of nitriles is 1. The lowest BCUT2D eigenvalue weighted by molar-refractivity contribution is 0.102. The molecule has 0 fully saturated rings. The zero-order valence-corrected chi connectivity index (χ0v) is 17.8. The van der Waals surface area contributed by atoms with Gasteiger partial charge >= 0.3 is 0 Å². The van der Waals surface area contributed by atoms with E-state index in [4.69, 9.17) is 5.26 Å². The Kier molecular flexibility index (Phi) is 7.16. The smallest absolute Gasteiger partial charge is 0.259 e. The van der Waals surface area contributed by atoms with E-state index in [1.165, 1.54) is 23.1 Å². The molecular formula is C20H20N6OS2. The predicted molar refractivity (Wildman–Crippen MR) is 116 cm³/mol. The molecule has 0 radical (unpaired) electrons. The maximum absolute atomic E-state index is 12.4. The highest BCUT2D eigenvalue weighted by Crippen LogP contribution is 2.28. The van der Waals surface area contributed by atoms with Gasteiger partial charge in [0, 0.05) is 25.0 Å². The molecule has 0 unspecified atom stereocenters. The zero-order chi connectivity index (χ0) is 20.6. The monoisotopic (exact) mass is 424 g/mol. The number of carbonyl (C=O) groups excluding carboxylic acids is 1. The number of carbonyl (C=O) groups is 1. The van der Waals surface area contributed by atoms with Gasteiger partial charge in [-0.2, -0.15) is 5.26 Å². The molecule has 2 heterocycles. The minimum absolute atomic E-state index is 0.261. The molecule has 0 spiro atoms. The maximum atomic E-state index is 12.4. The van der Waals surface area contributed by atoms with Crippen molar-refractivity contribution < 1.29 is 4.79 Å². The summed E-state index contributed by atoms with van der Waals surface area (Å²) in [5.41, 5.74) is 2.20. The SMILES string of the molecule is CCN(CC)c1ccc(C(=O)Nc2nnc(SCc3ccc(C#N)cc3)s2)cn1. The second-order valence-electron chi connectivity index (χ2n) is 6.00. The Morgan fingerprint density at radius 2 is 1.93 bits per heavy atom. The van der Waals surface area contributed by atoms with Crippen molar-refractivity contribution in [1.29, 1.82) is 5.26 Å². The number of nitrogens with zero attached hydrogens (tertiary/aromatic N) is 5. The van der Waals surface area contributed by atoms with E-state index in [9.17, 15) is 4.79 Å². The number of nitrogens with one attached hydrogen (secondary N) is 1. The molecule has 3 aromatic rings. The summed E-state index contributed by atoms with van der Waals surface area (Å²) in [5, 5.41) is 20.2. The van der Waals surface area contributed by atoms with E-state index < -0.39 is 0 Å². The van der Waals surface area contributed by atoms with Crippen LogP contribution in [0.1, 0.15) is 35.3 Å². The van der Waals surface area contributed by atoms with E-state index >= 15 is 0 Å². The summed E-state index contributed by atoms with van der Waals surface area (Å²) in [6.45, 7) is 5.86. The molecule has 1 aromatic carbocycles. The molecule has 1 amide bonds. The Hall–Kier alpha value is -2.96. The van der Waals surface area contributed by atoms with Crippen LogP contribution in [-0.4, -0.2) is 34.2 Å². The van der Waals surface area contributed by atoms with Crippen LogP contribution in [0, 0.1) is 11.3 Å². The third kappa shape index (κ3) is 5.53. The fourth-order valence-electron chi connectivity index (χ4n) is 2.56. The first-order valence-corrected chi connectivity index (χ1v) is 10.9. The van der Waals surface area contributed by atoms with Crippen molar-refractivity contribution in [3.63, 3.8) is 0 Å². The molecule has 9 heteroatoms. The first-order chi connectivity index (χ1) is 14.1. The maximum Gasteiger partial charge on any atom is 0.259 e. The van der Waals surface area contributed by atoms with Crippen LogP contribution in [0.15, 0.2) is 46.9 Å². The van der Waals surface area contributed by atoms with Crippen LogP contribution in [0.3, 0.4) is 0 Å². The molecule has 3 rings (SSSR count). The summed E-state index contributed by atoms with van der Waals surface area (Å²) in [6, 6.07) is 13.1. The summed E-state index contributed by atoms with van der Waals surface area (Å²) in [5.74, 6) is 1.30. The molecule has 0 atom stereocenters. The fraction of sp³-hybridized carbons (Fsp3) is 0.250. The van der Waals surface area contributed by atoms with Gasteiger partial charge < -0.3 is 4.90 Å². The number of thioether (sulfide) groups is 1. The number of rotatable bonds is 8. The highest BCUT2D eigenvalue weighted by Gasteiger charge is 2.12. The van der Waals surface area contributed by atoms with Gasteiger partial charge in [0.15, 0.2) is 4.34 Å². The fourth-order valence-corrected chi connectivity index (χ4v) is 4.27. The van der Waals surface area contributed by atoms with Crippen molar-refractivity contribution in [2.45, 2.75) is 23.9 Å². The summed E-state index contributed by atoms with van der Waals surface area (Å²) < 4.78 is 0.764. The molecule has 2 aromatic heterocycles. The Labute approximate surface area is 177 Å². The van der Waals surface area contributed by atoms with Crippen molar-refractivity contribution >= 4 is 40.0 Å². The average Bonchev–Trinajstić information content (AvgIpc) is 3.21. The Balaban J connectivity index is 1.56. The van der Waals surface area contributed by atoms with Gasteiger partial charge in [0.05, 0.1) is 17.2 Å². The van der Waals surface area contributed by atoms with E-state index in [1.807, 2.05) is 18.2 Å². The summed E-state index contributed by atoms with van der Waals surface area (Å²) in [6.07, 6.45) is 1.57. The quantitative estimate of drug-likeness (QED) is 0.428. The number of benzene rings is 1. The van der Waals surface area contributed by atoms with Gasteiger partial charge in [-0.15, -0.1) is 10.2 Å². The second-order valence-corrected chi connectivity index (χ2v) is 8.20. The van der Waals surface area contributed by atoms with E-state index in [1.54, 1.807) is 24.4 Å². The highest BCUT2D eigenvalue weighted by molar-refractivity contribution is 8.00. The van der Waals surface area contributed by atoms with Crippen LogP contribution >= 0.6 is 23.1 Å². The van der Waals surface area contributed by atoms with Crippen molar-refractivity contribution in [2.75, 3.05) is 23.3 Å². The standard InChI is InChI=1S/C20H20N6OS2/c1-3-26(4-2)17-10-9-16(12-22-17)18(27)23-19-24-25-20(29-19)28-13-15-7-5-14(11-21)6-8-15/h5-10,12H,3-4,13H2,1-2H3,(H,23,24,27). The van der Waals surface area contributed by atoms with E-state index in [0.717, 1.165) is 28.8 Å². The summed E-state index contributed by atoms with van der Waals surface area (Å²) in [7, 11) is 0. The number of amides is 1. The normalized spacial score (nSPS) is 10.4. The van der Waals surface area contributed by atoms with E-state index in [0.29, 0.717) is 22.0 Å². The van der Waals surface area contributed by atoms with Gasteiger partial charge in [-0.25, -0.2) is 4.98 Å². The molecule has 29 heavy (non-hydrogen) atoms. The molecule has 148 valence electrons. The topological polar surface area (TPSA) is 94.8 Å². The molecule has 0 saturated carbocycles. The molecule has 0 aliphatic carbocycles. The summed E-state index contributed by atoms with van der Waals surface area (Å²) in [4.78, 5) is 18.9. The van der Waals surface area contributed by atoms with Gasteiger partial charge in [0.1, 0.15) is 5.82 Å². The molecule has 0 saturated heterocycles. The molecule has 0 aliphatic heterocycles. The van der Waals surface area contributed by atoms with Crippen molar-refractivity contribution in [3.05, 3.63) is 59.3 Å². The lowest BCUT2D eigenvalue weighted by atomic mass is 10.2. The minimum atomic E-state index is -0.261. The number of pyridine rings is 1. The first kappa shape index (κ1) is 20.8. The Morgan fingerprint density at radius 3 is 2.55 bits per heavy atom. The third-order valence-electron chi connectivity index (χ3n) is 4.17. The van der Waals surface area contributed by atoms with Gasteiger partial charge in [-0.1, -0.05) is 35.2 Å². The van der Waals surface area contributed by atoms with Crippen LogP contribution in [0.25, 0.3) is 0 Å². The summed E-state index contributed by atoms with van der Waals surface area (Å²) >= 11 is 2.86. The van der Waals surface area contributed by atoms with E-state index in [2.05, 4.69) is 45.3 Å². The molecule has 0 bridgehead atoms. The molecular weight excluding hydrogens is 404 g/mol. The minimum Gasteiger partial charge on any atom is -0.357 e. The predicted octanol–water partition coefficient (Wildman–Crippen LogP) is 4.20. The van der Waals surface area contributed by atoms with Crippen molar-refractivity contribution in [2.24, 2.45) is 0 Å². The lowest BCUT2D eigenvalue weighted by Gasteiger charge is -2.19. The van der Waals surface area contributed by atoms with Crippen LogP contribution in [0.2, 0.25) is 0 Å². The number of anilines is 2. The van der Waals surface area contributed by atoms with Crippen LogP contribution < -0.4 is 10.2 Å². The highest BCUT2D eigenvalue weighted by atomic mass is 32.2. The van der Waals surface area contributed by atoms with Crippen LogP contribution in [0.4, 0.5) is 10.9 Å². The largest absolute Gasteiger partial charge is 0.357 e. The van der Waals surface area contributed by atoms with Gasteiger partial charge in [-0.05, 0) is 43.7 Å². The lowest BCUT2D eigenvalue weighted by Crippen LogP contribution is -2.23. The molecule has 0 aliphatic rings. The van der Waals surface area contributed by atoms with E-state index in [-0.39, 0.29) is 5.91 Å². The molecule has 1 N–H and O–H groups in total. The van der Waals surface area contributed by atoms with Crippen LogP contribution in [0.5, 0.6) is 0 Å². The van der Waals surface area contributed by atoms with Crippen LogP contribution in [-0.2, 0) is 5.75 Å². The Bertz CT molecular complexity index is 991. The van der Waals surface area contributed by atoms with Gasteiger partial charge in [0.25, 0.3) is 5.91 Å². The third-order valence-corrected chi connectivity index (χ3v) is 6.21. The number of aromatic nitrogens is 3.